The highest BCUT2D eigenvalue weighted by atomic mass is 35.5. The van der Waals surface area contributed by atoms with Gasteiger partial charge in [0.1, 0.15) is 11.6 Å². The van der Waals surface area contributed by atoms with Crippen molar-refractivity contribution < 1.29 is 8.78 Å². The SMILES string of the molecule is CCC(Nc1ccc(Cl)cc1F)c1ccc(F)cn1. The van der Waals surface area contributed by atoms with Crippen LogP contribution in [0.15, 0.2) is 36.5 Å². The van der Waals surface area contributed by atoms with Gasteiger partial charge in [-0.1, -0.05) is 18.5 Å². The summed E-state index contributed by atoms with van der Waals surface area (Å²) in [5.74, 6) is -0.815. The number of halogens is 3. The van der Waals surface area contributed by atoms with E-state index in [1.54, 1.807) is 18.2 Å². The second kappa shape index (κ2) is 5.97. The van der Waals surface area contributed by atoms with Crippen LogP contribution in [0.25, 0.3) is 0 Å². The third-order valence-corrected chi connectivity index (χ3v) is 3.01. The summed E-state index contributed by atoms with van der Waals surface area (Å²) < 4.78 is 26.5. The van der Waals surface area contributed by atoms with Crippen LogP contribution in [0.3, 0.4) is 0 Å². The molecule has 2 rings (SSSR count). The van der Waals surface area contributed by atoms with E-state index in [0.29, 0.717) is 22.8 Å². The van der Waals surface area contributed by atoms with Crippen LogP contribution < -0.4 is 5.32 Å². The first kappa shape index (κ1) is 13.7. The van der Waals surface area contributed by atoms with Gasteiger partial charge in [0, 0.05) is 5.02 Å². The van der Waals surface area contributed by atoms with E-state index >= 15 is 0 Å². The highest BCUT2D eigenvalue weighted by Crippen LogP contribution is 2.25. The lowest BCUT2D eigenvalue weighted by molar-refractivity contribution is 0.609. The summed E-state index contributed by atoms with van der Waals surface area (Å²) in [6.07, 6.45) is 1.85. The Balaban J connectivity index is 2.21. The molecule has 1 aromatic carbocycles. The lowest BCUT2D eigenvalue weighted by atomic mass is 10.1. The Bertz CT molecular complexity index is 558. The van der Waals surface area contributed by atoms with E-state index in [1.165, 1.54) is 12.1 Å². The number of benzene rings is 1. The van der Waals surface area contributed by atoms with Crippen LogP contribution in [0.1, 0.15) is 25.1 Å². The Hall–Kier alpha value is -1.68. The Labute approximate surface area is 115 Å². The van der Waals surface area contributed by atoms with Gasteiger partial charge in [-0.15, -0.1) is 0 Å². The second-order valence-electron chi connectivity index (χ2n) is 4.13. The van der Waals surface area contributed by atoms with Crippen molar-refractivity contribution in [3.05, 3.63) is 58.9 Å². The van der Waals surface area contributed by atoms with Crippen LogP contribution in [0.2, 0.25) is 5.02 Å². The Morgan fingerprint density at radius 1 is 1.26 bits per heavy atom. The van der Waals surface area contributed by atoms with E-state index in [-0.39, 0.29) is 6.04 Å². The van der Waals surface area contributed by atoms with E-state index in [0.717, 1.165) is 6.20 Å². The van der Waals surface area contributed by atoms with Gasteiger partial charge in [-0.3, -0.25) is 4.98 Å². The topological polar surface area (TPSA) is 24.9 Å². The highest BCUT2D eigenvalue weighted by molar-refractivity contribution is 6.30. The number of hydrogen-bond acceptors (Lipinski definition) is 2. The van der Waals surface area contributed by atoms with Gasteiger partial charge in [0.05, 0.1) is 23.6 Å². The first-order valence-electron chi connectivity index (χ1n) is 5.93. The van der Waals surface area contributed by atoms with Crippen LogP contribution in [0, 0.1) is 11.6 Å². The molecule has 0 aliphatic carbocycles. The molecule has 2 aromatic rings. The predicted molar refractivity (Wildman–Crippen MR) is 72.3 cm³/mol. The summed E-state index contributed by atoms with van der Waals surface area (Å²) in [5.41, 5.74) is 1.01. The van der Waals surface area contributed by atoms with Crippen molar-refractivity contribution in [2.24, 2.45) is 0 Å². The zero-order chi connectivity index (χ0) is 13.8. The summed E-state index contributed by atoms with van der Waals surface area (Å²) in [6, 6.07) is 7.17. The summed E-state index contributed by atoms with van der Waals surface area (Å²) in [5, 5.41) is 3.38. The summed E-state index contributed by atoms with van der Waals surface area (Å²) >= 11 is 5.70. The van der Waals surface area contributed by atoms with E-state index in [1.807, 2.05) is 6.92 Å². The zero-order valence-electron chi connectivity index (χ0n) is 10.3. The van der Waals surface area contributed by atoms with Gasteiger partial charge in [0.2, 0.25) is 0 Å². The molecule has 1 unspecified atom stereocenters. The molecule has 1 heterocycles. The maximum Gasteiger partial charge on any atom is 0.147 e. The first-order valence-corrected chi connectivity index (χ1v) is 6.31. The lowest BCUT2D eigenvalue weighted by Gasteiger charge is -2.18. The van der Waals surface area contributed by atoms with Crippen LogP contribution in [-0.4, -0.2) is 4.98 Å². The van der Waals surface area contributed by atoms with E-state index < -0.39 is 11.6 Å². The predicted octanol–water partition coefficient (Wildman–Crippen LogP) is 4.58. The van der Waals surface area contributed by atoms with Crippen molar-refractivity contribution in [3.8, 4) is 0 Å². The molecule has 1 N–H and O–H groups in total. The molecule has 0 bridgehead atoms. The molecule has 0 fully saturated rings. The normalized spacial score (nSPS) is 12.2. The maximum absolute atomic E-state index is 13.7. The van der Waals surface area contributed by atoms with Crippen molar-refractivity contribution in [3.63, 3.8) is 0 Å². The molecule has 0 aliphatic rings. The van der Waals surface area contributed by atoms with Gasteiger partial charge < -0.3 is 5.32 Å². The number of pyridine rings is 1. The van der Waals surface area contributed by atoms with Gasteiger partial charge in [0.25, 0.3) is 0 Å². The molecule has 1 atom stereocenters. The number of aromatic nitrogens is 1. The molecular formula is C14H13ClF2N2. The molecule has 2 nitrogen and oxygen atoms in total. The van der Waals surface area contributed by atoms with Crippen molar-refractivity contribution in [2.75, 3.05) is 5.32 Å². The highest BCUT2D eigenvalue weighted by Gasteiger charge is 2.13. The largest absolute Gasteiger partial charge is 0.374 e. The summed E-state index contributed by atoms with van der Waals surface area (Å²) in [4.78, 5) is 4.01. The Morgan fingerprint density at radius 2 is 2.05 bits per heavy atom. The number of nitrogens with one attached hydrogen (secondary N) is 1. The van der Waals surface area contributed by atoms with Crippen molar-refractivity contribution in [1.82, 2.24) is 4.98 Å². The number of hydrogen-bond donors (Lipinski definition) is 1. The van der Waals surface area contributed by atoms with Gasteiger partial charge in [-0.25, -0.2) is 8.78 Å². The fraction of sp³-hybridized carbons (Fsp3) is 0.214. The Morgan fingerprint density at radius 3 is 2.63 bits per heavy atom. The maximum atomic E-state index is 13.7. The van der Waals surface area contributed by atoms with Crippen LogP contribution in [-0.2, 0) is 0 Å². The molecule has 0 spiro atoms. The van der Waals surface area contributed by atoms with Crippen molar-refractivity contribution >= 4 is 17.3 Å². The fourth-order valence-electron chi connectivity index (χ4n) is 1.77. The van der Waals surface area contributed by atoms with Crippen LogP contribution >= 0.6 is 11.6 Å². The zero-order valence-corrected chi connectivity index (χ0v) is 11.1. The molecule has 0 radical (unpaired) electrons. The number of nitrogens with zero attached hydrogens (tertiary/aromatic N) is 1. The van der Waals surface area contributed by atoms with E-state index in [2.05, 4.69) is 10.3 Å². The molecule has 19 heavy (non-hydrogen) atoms. The third-order valence-electron chi connectivity index (χ3n) is 2.78. The minimum atomic E-state index is -0.423. The first-order chi connectivity index (χ1) is 9.10. The molecule has 1 aromatic heterocycles. The molecular weight excluding hydrogens is 270 g/mol. The molecule has 5 heteroatoms. The average Bonchev–Trinajstić information content (AvgIpc) is 2.39. The quantitative estimate of drug-likeness (QED) is 0.888. The van der Waals surface area contributed by atoms with Gasteiger partial charge >= 0.3 is 0 Å². The third kappa shape index (κ3) is 3.41. The molecule has 0 saturated heterocycles. The molecule has 0 saturated carbocycles. The minimum Gasteiger partial charge on any atom is -0.374 e. The van der Waals surface area contributed by atoms with Crippen LogP contribution in [0.4, 0.5) is 14.5 Å². The van der Waals surface area contributed by atoms with Crippen molar-refractivity contribution in [1.29, 1.82) is 0 Å². The van der Waals surface area contributed by atoms with Gasteiger partial charge in [-0.05, 0) is 36.8 Å². The standard InChI is InChI=1S/C14H13ClF2N2/c1-2-12(14-6-4-10(16)8-18-14)19-13-5-3-9(15)7-11(13)17/h3-8,12,19H,2H2,1H3. The molecule has 0 aliphatic heterocycles. The van der Waals surface area contributed by atoms with Crippen LogP contribution in [0.5, 0.6) is 0 Å². The second-order valence-corrected chi connectivity index (χ2v) is 4.57. The summed E-state index contributed by atoms with van der Waals surface area (Å²) in [6.45, 7) is 1.94. The van der Waals surface area contributed by atoms with Gasteiger partial charge in [-0.2, -0.15) is 0 Å². The van der Waals surface area contributed by atoms with Gasteiger partial charge in [0.15, 0.2) is 0 Å². The van der Waals surface area contributed by atoms with Crippen molar-refractivity contribution in [2.45, 2.75) is 19.4 Å². The number of rotatable bonds is 4. The molecule has 0 amide bonds. The Kier molecular flexibility index (Phi) is 4.32. The monoisotopic (exact) mass is 282 g/mol. The molecule has 100 valence electrons. The minimum absolute atomic E-state index is 0.184. The van der Waals surface area contributed by atoms with E-state index in [9.17, 15) is 8.78 Å². The summed E-state index contributed by atoms with van der Waals surface area (Å²) in [7, 11) is 0. The fourth-order valence-corrected chi connectivity index (χ4v) is 1.93. The lowest BCUT2D eigenvalue weighted by Crippen LogP contribution is -2.12. The number of anilines is 1. The average molecular weight is 283 g/mol. The smallest absolute Gasteiger partial charge is 0.147 e. The van der Waals surface area contributed by atoms with E-state index in [4.69, 9.17) is 11.6 Å².